The van der Waals surface area contributed by atoms with E-state index in [4.69, 9.17) is 0 Å². The Hall–Kier alpha value is -2.04. The van der Waals surface area contributed by atoms with Gasteiger partial charge < -0.3 is 16.0 Å². The van der Waals surface area contributed by atoms with Crippen molar-refractivity contribution in [3.8, 4) is 0 Å². The van der Waals surface area contributed by atoms with Gasteiger partial charge in [0.15, 0.2) is 5.96 Å². The van der Waals surface area contributed by atoms with E-state index in [0.717, 1.165) is 17.9 Å². The largest absolute Gasteiger partial charge is 0.354 e. The van der Waals surface area contributed by atoms with Gasteiger partial charge in [-0.3, -0.25) is 9.79 Å². The van der Waals surface area contributed by atoms with Gasteiger partial charge in [0.2, 0.25) is 0 Å². The zero-order valence-electron chi connectivity index (χ0n) is 15.1. The predicted octanol–water partition coefficient (Wildman–Crippen LogP) is 2.82. The van der Waals surface area contributed by atoms with Gasteiger partial charge in [-0.2, -0.15) is 0 Å². The lowest BCUT2D eigenvalue weighted by Gasteiger charge is -2.17. The van der Waals surface area contributed by atoms with Crippen LogP contribution in [0.1, 0.15) is 61.9 Å². The molecule has 1 fully saturated rings. The number of aliphatic imine (C=N–C) groups is 1. The highest BCUT2D eigenvalue weighted by Gasteiger charge is 2.15. The van der Waals surface area contributed by atoms with E-state index >= 15 is 0 Å². The van der Waals surface area contributed by atoms with Crippen molar-refractivity contribution in [3.63, 3.8) is 0 Å². The molecule has 0 aliphatic heterocycles. The number of guanidine groups is 1. The van der Waals surface area contributed by atoms with Crippen LogP contribution in [0.15, 0.2) is 29.3 Å². The molecule has 0 bridgehead atoms. The quantitative estimate of drug-likeness (QED) is 0.555. The fraction of sp³-hybridized carbons (Fsp3) is 0.579. The van der Waals surface area contributed by atoms with Crippen LogP contribution in [0.5, 0.6) is 0 Å². The Bertz CT molecular complexity index is 547. The predicted molar refractivity (Wildman–Crippen MR) is 99.3 cm³/mol. The molecule has 5 nitrogen and oxygen atoms in total. The number of rotatable bonds is 6. The summed E-state index contributed by atoms with van der Waals surface area (Å²) in [7, 11) is 1.80. The molecular weight excluding hydrogens is 300 g/mol. The molecule has 0 radical (unpaired) electrons. The van der Waals surface area contributed by atoms with Crippen LogP contribution in [-0.4, -0.2) is 31.0 Å². The highest BCUT2D eigenvalue weighted by molar-refractivity contribution is 5.94. The summed E-state index contributed by atoms with van der Waals surface area (Å²) in [5.74, 6) is 0.836. The van der Waals surface area contributed by atoms with E-state index in [1.807, 2.05) is 31.2 Å². The number of carbonyl (C=O) groups excluding carboxylic acids is 1. The van der Waals surface area contributed by atoms with Crippen molar-refractivity contribution in [1.82, 2.24) is 16.0 Å². The standard InChI is InChI=1S/C19H30N4O/c1-4-14(2)22-18(24)16-11-9-15(10-12-16)13-21-19(20-3)23-17-7-5-6-8-17/h9-12,14,17H,4-8,13H2,1-3H3,(H,22,24)(H2,20,21,23). The molecule has 1 aliphatic carbocycles. The number of benzene rings is 1. The van der Waals surface area contributed by atoms with Gasteiger partial charge in [0.25, 0.3) is 5.91 Å². The first-order chi connectivity index (χ1) is 11.6. The van der Waals surface area contributed by atoms with E-state index in [1.54, 1.807) is 7.05 Å². The summed E-state index contributed by atoms with van der Waals surface area (Å²) in [6.45, 7) is 4.77. The first-order valence-corrected chi connectivity index (χ1v) is 8.99. The van der Waals surface area contributed by atoms with Gasteiger partial charge in [-0.15, -0.1) is 0 Å². The van der Waals surface area contributed by atoms with Crippen LogP contribution in [0.25, 0.3) is 0 Å². The fourth-order valence-electron chi connectivity index (χ4n) is 2.83. The first kappa shape index (κ1) is 18.3. The lowest BCUT2D eigenvalue weighted by atomic mass is 10.1. The molecule has 1 amide bonds. The van der Waals surface area contributed by atoms with Crippen LogP contribution in [0.2, 0.25) is 0 Å². The van der Waals surface area contributed by atoms with Crippen molar-refractivity contribution in [2.45, 2.75) is 64.6 Å². The molecule has 0 spiro atoms. The molecule has 132 valence electrons. The Kier molecular flexibility index (Phi) is 7.09. The van der Waals surface area contributed by atoms with Gasteiger partial charge in [-0.1, -0.05) is 31.9 Å². The number of nitrogens with zero attached hydrogens (tertiary/aromatic N) is 1. The summed E-state index contributed by atoms with van der Waals surface area (Å²) in [6.07, 6.45) is 5.98. The average molecular weight is 330 g/mol. The van der Waals surface area contributed by atoms with Gasteiger partial charge in [-0.25, -0.2) is 0 Å². The molecule has 1 aromatic carbocycles. The molecule has 0 saturated heterocycles. The first-order valence-electron chi connectivity index (χ1n) is 8.99. The second-order valence-electron chi connectivity index (χ2n) is 6.53. The van der Waals surface area contributed by atoms with Gasteiger partial charge in [0.05, 0.1) is 0 Å². The molecule has 1 saturated carbocycles. The molecule has 5 heteroatoms. The van der Waals surface area contributed by atoms with Crippen molar-refractivity contribution < 1.29 is 4.79 Å². The number of hydrogen-bond donors (Lipinski definition) is 3. The van der Waals surface area contributed by atoms with Crippen LogP contribution in [-0.2, 0) is 6.54 Å². The Balaban J connectivity index is 1.83. The van der Waals surface area contributed by atoms with Gasteiger partial charge >= 0.3 is 0 Å². The third-order valence-electron chi connectivity index (χ3n) is 4.59. The minimum Gasteiger partial charge on any atom is -0.354 e. The van der Waals surface area contributed by atoms with Crippen molar-refractivity contribution in [2.75, 3.05) is 7.05 Å². The van der Waals surface area contributed by atoms with E-state index < -0.39 is 0 Å². The molecule has 24 heavy (non-hydrogen) atoms. The van der Waals surface area contributed by atoms with Crippen molar-refractivity contribution in [3.05, 3.63) is 35.4 Å². The van der Waals surface area contributed by atoms with Crippen LogP contribution in [0, 0.1) is 0 Å². The molecule has 2 rings (SSSR count). The summed E-state index contributed by atoms with van der Waals surface area (Å²) < 4.78 is 0. The molecule has 1 aliphatic rings. The third-order valence-corrected chi connectivity index (χ3v) is 4.59. The maximum Gasteiger partial charge on any atom is 0.251 e. The summed E-state index contributed by atoms with van der Waals surface area (Å²) in [5.41, 5.74) is 1.83. The number of amides is 1. The summed E-state index contributed by atoms with van der Waals surface area (Å²) in [6, 6.07) is 8.47. The van der Waals surface area contributed by atoms with E-state index in [1.165, 1.54) is 25.7 Å². The lowest BCUT2D eigenvalue weighted by molar-refractivity contribution is 0.0939. The molecule has 3 N–H and O–H groups in total. The lowest BCUT2D eigenvalue weighted by Crippen LogP contribution is -2.41. The Labute approximate surface area is 145 Å². The molecule has 1 unspecified atom stereocenters. The van der Waals surface area contributed by atoms with E-state index in [9.17, 15) is 4.79 Å². The van der Waals surface area contributed by atoms with Crippen LogP contribution in [0.3, 0.4) is 0 Å². The van der Waals surface area contributed by atoms with Crippen LogP contribution in [0.4, 0.5) is 0 Å². The summed E-state index contributed by atoms with van der Waals surface area (Å²) in [4.78, 5) is 16.4. The minimum absolute atomic E-state index is 0.0115. The fourth-order valence-corrected chi connectivity index (χ4v) is 2.83. The molecular formula is C19H30N4O. The maximum atomic E-state index is 12.1. The average Bonchev–Trinajstić information content (AvgIpc) is 3.11. The summed E-state index contributed by atoms with van der Waals surface area (Å²) >= 11 is 0. The maximum absolute atomic E-state index is 12.1. The van der Waals surface area contributed by atoms with E-state index in [-0.39, 0.29) is 11.9 Å². The minimum atomic E-state index is -0.0115. The molecule has 0 heterocycles. The van der Waals surface area contributed by atoms with Crippen molar-refractivity contribution in [2.24, 2.45) is 4.99 Å². The Morgan fingerprint density at radius 3 is 2.50 bits per heavy atom. The van der Waals surface area contributed by atoms with Gasteiger partial charge in [0.1, 0.15) is 0 Å². The normalized spacial score (nSPS) is 16.7. The Morgan fingerprint density at radius 2 is 1.92 bits per heavy atom. The zero-order chi connectivity index (χ0) is 17.4. The highest BCUT2D eigenvalue weighted by Crippen LogP contribution is 2.17. The number of hydrogen-bond acceptors (Lipinski definition) is 2. The zero-order valence-corrected chi connectivity index (χ0v) is 15.1. The second kappa shape index (κ2) is 9.30. The number of nitrogens with one attached hydrogen (secondary N) is 3. The molecule has 1 aromatic rings. The molecule has 1 atom stereocenters. The highest BCUT2D eigenvalue weighted by atomic mass is 16.1. The SMILES string of the molecule is CCC(C)NC(=O)c1ccc(CNC(=NC)NC2CCCC2)cc1. The monoisotopic (exact) mass is 330 g/mol. The van der Waals surface area contributed by atoms with Gasteiger partial charge in [-0.05, 0) is 43.9 Å². The van der Waals surface area contributed by atoms with Crippen LogP contribution >= 0.6 is 0 Å². The van der Waals surface area contributed by atoms with Gasteiger partial charge in [0, 0.05) is 31.2 Å². The Morgan fingerprint density at radius 1 is 1.25 bits per heavy atom. The van der Waals surface area contributed by atoms with Crippen LogP contribution < -0.4 is 16.0 Å². The van der Waals surface area contributed by atoms with Crippen molar-refractivity contribution >= 4 is 11.9 Å². The smallest absolute Gasteiger partial charge is 0.251 e. The number of carbonyl (C=O) groups is 1. The van der Waals surface area contributed by atoms with Crippen molar-refractivity contribution in [1.29, 1.82) is 0 Å². The van der Waals surface area contributed by atoms with E-state index in [2.05, 4.69) is 27.9 Å². The third kappa shape index (κ3) is 5.55. The molecule has 0 aromatic heterocycles. The second-order valence-corrected chi connectivity index (χ2v) is 6.53. The topological polar surface area (TPSA) is 65.5 Å². The summed E-state index contributed by atoms with van der Waals surface area (Å²) in [5, 5.41) is 9.79. The van der Waals surface area contributed by atoms with E-state index in [0.29, 0.717) is 18.2 Å².